The summed E-state index contributed by atoms with van der Waals surface area (Å²) in [5, 5.41) is 22.4. The van der Waals surface area contributed by atoms with Gasteiger partial charge in [-0.25, -0.2) is 9.59 Å². The fourth-order valence-corrected chi connectivity index (χ4v) is 1.37. The lowest BCUT2D eigenvalue weighted by atomic mass is 9.90. The van der Waals surface area contributed by atoms with Crippen LogP contribution in [0.3, 0.4) is 0 Å². The lowest BCUT2D eigenvalue weighted by Gasteiger charge is -2.23. The molecular weight excluding hydrogens is 264 g/mol. The Morgan fingerprint density at radius 1 is 1.20 bits per heavy atom. The molecule has 0 bridgehead atoms. The fourth-order valence-electron chi connectivity index (χ4n) is 1.37. The minimum absolute atomic E-state index is 0.0562. The molecular formula is C13H24N2O5. The third-order valence-electron chi connectivity index (χ3n) is 3.17. The first-order valence-corrected chi connectivity index (χ1v) is 6.67. The zero-order valence-electron chi connectivity index (χ0n) is 12.2. The highest BCUT2D eigenvalue weighted by Crippen LogP contribution is 2.17. The predicted octanol–water partition coefficient (Wildman–Crippen LogP) is 1.43. The minimum atomic E-state index is -1.17. The third kappa shape index (κ3) is 8.34. The SMILES string of the molecule is CCC(C)(C)CNC(=O)N[C@H](CCCC(=O)O)C(=O)O. The molecule has 0 aromatic heterocycles. The van der Waals surface area contributed by atoms with Crippen molar-refractivity contribution in [1.29, 1.82) is 0 Å². The van der Waals surface area contributed by atoms with E-state index in [9.17, 15) is 14.4 Å². The Labute approximate surface area is 118 Å². The van der Waals surface area contributed by atoms with Crippen LogP contribution in [0.5, 0.6) is 0 Å². The number of carboxylic acid groups (broad SMARTS) is 2. The highest BCUT2D eigenvalue weighted by molar-refractivity contribution is 5.82. The number of hydrogen-bond donors (Lipinski definition) is 4. The molecule has 0 rings (SSSR count). The summed E-state index contributed by atoms with van der Waals surface area (Å²) in [4.78, 5) is 33.0. The fraction of sp³-hybridized carbons (Fsp3) is 0.769. The summed E-state index contributed by atoms with van der Waals surface area (Å²) in [6, 6.07) is -1.62. The van der Waals surface area contributed by atoms with Crippen molar-refractivity contribution in [2.75, 3.05) is 6.54 Å². The van der Waals surface area contributed by atoms with Crippen LogP contribution in [0.25, 0.3) is 0 Å². The summed E-state index contributed by atoms with van der Waals surface area (Å²) in [6.07, 6.45) is 1.06. The molecule has 0 aliphatic rings. The Kier molecular flexibility index (Phi) is 7.64. The summed E-state index contributed by atoms with van der Waals surface area (Å²) in [5.74, 6) is -2.15. The first-order valence-electron chi connectivity index (χ1n) is 6.67. The van der Waals surface area contributed by atoms with Gasteiger partial charge in [-0.15, -0.1) is 0 Å². The van der Waals surface area contributed by atoms with Crippen LogP contribution >= 0.6 is 0 Å². The number of rotatable bonds is 9. The van der Waals surface area contributed by atoms with Gasteiger partial charge in [0.1, 0.15) is 6.04 Å². The van der Waals surface area contributed by atoms with Crippen LogP contribution in [-0.2, 0) is 9.59 Å². The van der Waals surface area contributed by atoms with Crippen molar-refractivity contribution in [1.82, 2.24) is 10.6 Å². The van der Waals surface area contributed by atoms with E-state index >= 15 is 0 Å². The zero-order valence-corrected chi connectivity index (χ0v) is 12.2. The average molecular weight is 288 g/mol. The van der Waals surface area contributed by atoms with Crippen molar-refractivity contribution in [2.24, 2.45) is 5.41 Å². The third-order valence-corrected chi connectivity index (χ3v) is 3.17. The van der Waals surface area contributed by atoms with Crippen LogP contribution in [0.15, 0.2) is 0 Å². The second kappa shape index (κ2) is 8.39. The van der Waals surface area contributed by atoms with E-state index in [-0.39, 0.29) is 24.7 Å². The molecule has 0 aromatic carbocycles. The molecule has 0 radical (unpaired) electrons. The Morgan fingerprint density at radius 2 is 1.80 bits per heavy atom. The molecule has 0 aromatic rings. The number of carboxylic acids is 2. The van der Waals surface area contributed by atoms with E-state index in [4.69, 9.17) is 10.2 Å². The van der Waals surface area contributed by atoms with Gasteiger partial charge >= 0.3 is 18.0 Å². The zero-order chi connectivity index (χ0) is 15.8. The summed E-state index contributed by atoms with van der Waals surface area (Å²) in [5.41, 5.74) is -0.0562. The van der Waals surface area contributed by atoms with Crippen molar-refractivity contribution in [3.8, 4) is 0 Å². The van der Waals surface area contributed by atoms with Crippen LogP contribution < -0.4 is 10.6 Å². The van der Waals surface area contributed by atoms with E-state index in [1.165, 1.54) is 0 Å². The molecule has 0 saturated heterocycles. The maximum atomic E-state index is 11.6. The van der Waals surface area contributed by atoms with Gasteiger partial charge in [-0.05, 0) is 24.7 Å². The highest BCUT2D eigenvalue weighted by atomic mass is 16.4. The van der Waals surface area contributed by atoms with Gasteiger partial charge in [-0.3, -0.25) is 4.79 Å². The molecule has 0 heterocycles. The number of aliphatic carboxylic acids is 2. The van der Waals surface area contributed by atoms with Crippen LogP contribution in [0.2, 0.25) is 0 Å². The molecule has 0 spiro atoms. The van der Waals surface area contributed by atoms with Gasteiger partial charge in [0.2, 0.25) is 0 Å². The maximum absolute atomic E-state index is 11.6. The van der Waals surface area contributed by atoms with E-state index in [1.54, 1.807) is 0 Å². The molecule has 0 fully saturated rings. The molecule has 7 nitrogen and oxygen atoms in total. The molecule has 4 N–H and O–H groups in total. The molecule has 0 saturated carbocycles. The van der Waals surface area contributed by atoms with Crippen LogP contribution in [-0.4, -0.2) is 40.8 Å². The maximum Gasteiger partial charge on any atom is 0.326 e. The molecule has 1 atom stereocenters. The van der Waals surface area contributed by atoms with E-state index in [0.29, 0.717) is 6.54 Å². The van der Waals surface area contributed by atoms with Gasteiger partial charge in [-0.2, -0.15) is 0 Å². The number of nitrogens with one attached hydrogen (secondary N) is 2. The quantitative estimate of drug-likeness (QED) is 0.512. The average Bonchev–Trinajstić information content (AvgIpc) is 2.34. The smallest absolute Gasteiger partial charge is 0.326 e. The van der Waals surface area contributed by atoms with Crippen LogP contribution in [0, 0.1) is 5.41 Å². The van der Waals surface area contributed by atoms with Gasteiger partial charge in [0.15, 0.2) is 0 Å². The van der Waals surface area contributed by atoms with Crippen molar-refractivity contribution in [2.45, 2.75) is 52.5 Å². The minimum Gasteiger partial charge on any atom is -0.481 e. The summed E-state index contributed by atoms with van der Waals surface area (Å²) >= 11 is 0. The van der Waals surface area contributed by atoms with Crippen LogP contribution in [0.1, 0.15) is 46.5 Å². The van der Waals surface area contributed by atoms with Crippen molar-refractivity contribution < 1.29 is 24.6 Å². The number of urea groups is 1. The van der Waals surface area contributed by atoms with Crippen molar-refractivity contribution in [3.05, 3.63) is 0 Å². The number of hydrogen-bond acceptors (Lipinski definition) is 3. The largest absolute Gasteiger partial charge is 0.481 e. The number of carbonyl (C=O) groups excluding carboxylic acids is 1. The van der Waals surface area contributed by atoms with E-state index in [0.717, 1.165) is 6.42 Å². The molecule has 2 amide bonds. The van der Waals surface area contributed by atoms with Gasteiger partial charge in [0.05, 0.1) is 0 Å². The monoisotopic (exact) mass is 288 g/mol. The summed E-state index contributed by atoms with van der Waals surface area (Å²) in [7, 11) is 0. The number of amides is 2. The lowest BCUT2D eigenvalue weighted by molar-refractivity contribution is -0.140. The van der Waals surface area contributed by atoms with Crippen LogP contribution in [0.4, 0.5) is 4.79 Å². The van der Waals surface area contributed by atoms with E-state index < -0.39 is 24.0 Å². The van der Waals surface area contributed by atoms with Gasteiger partial charge in [0, 0.05) is 13.0 Å². The first kappa shape index (κ1) is 18.2. The predicted molar refractivity (Wildman–Crippen MR) is 73.5 cm³/mol. The van der Waals surface area contributed by atoms with Gasteiger partial charge < -0.3 is 20.8 Å². The molecule has 0 aliphatic heterocycles. The van der Waals surface area contributed by atoms with Crippen molar-refractivity contribution in [3.63, 3.8) is 0 Å². The van der Waals surface area contributed by atoms with Crippen molar-refractivity contribution >= 4 is 18.0 Å². The van der Waals surface area contributed by atoms with E-state index in [2.05, 4.69) is 10.6 Å². The molecule has 116 valence electrons. The Balaban J connectivity index is 4.21. The topological polar surface area (TPSA) is 116 Å². The Bertz CT molecular complexity index is 355. The molecule has 20 heavy (non-hydrogen) atoms. The molecule has 0 unspecified atom stereocenters. The van der Waals surface area contributed by atoms with E-state index in [1.807, 2.05) is 20.8 Å². The Morgan fingerprint density at radius 3 is 2.25 bits per heavy atom. The first-order chi connectivity index (χ1) is 9.18. The molecule has 7 heteroatoms. The highest BCUT2D eigenvalue weighted by Gasteiger charge is 2.21. The van der Waals surface area contributed by atoms with Gasteiger partial charge in [0.25, 0.3) is 0 Å². The standard InChI is InChI=1S/C13H24N2O5/c1-4-13(2,3)8-14-12(20)15-9(11(18)19)6-5-7-10(16)17/h9H,4-8H2,1-3H3,(H,16,17)(H,18,19)(H2,14,15,20)/t9-/m1/s1. The Hall–Kier alpha value is -1.79. The van der Waals surface area contributed by atoms with Gasteiger partial charge in [-0.1, -0.05) is 20.8 Å². The summed E-state index contributed by atoms with van der Waals surface area (Å²) in [6.45, 7) is 6.44. The normalized spacial score (nSPS) is 12.6. The lowest BCUT2D eigenvalue weighted by Crippen LogP contribution is -2.48. The second-order valence-electron chi connectivity index (χ2n) is 5.52. The molecule has 0 aliphatic carbocycles. The second-order valence-corrected chi connectivity index (χ2v) is 5.52. The summed E-state index contributed by atoms with van der Waals surface area (Å²) < 4.78 is 0. The number of carbonyl (C=O) groups is 3.